The SMILES string of the molecule is COc1ccc([S+]([O-])N2CCC(c3nc(-c4ccc(C=N)c(NC(C)C)c4)no3)CC2)c(Br)c1. The lowest BCUT2D eigenvalue weighted by Gasteiger charge is -2.30. The number of rotatable bonds is 8. The fourth-order valence-electron chi connectivity index (χ4n) is 3.93. The van der Waals surface area contributed by atoms with E-state index in [1.807, 2.05) is 40.7 Å². The van der Waals surface area contributed by atoms with Crippen LogP contribution in [0.3, 0.4) is 0 Å². The molecule has 4 rings (SSSR count). The Morgan fingerprint density at radius 1 is 1.26 bits per heavy atom. The molecule has 1 aliphatic rings. The molecule has 2 aromatic carbocycles. The largest absolute Gasteiger partial charge is 0.593 e. The third-order valence-corrected chi connectivity index (χ3v) is 8.20. The zero-order chi connectivity index (χ0) is 24.2. The van der Waals surface area contributed by atoms with Gasteiger partial charge in [0.15, 0.2) is 4.90 Å². The summed E-state index contributed by atoms with van der Waals surface area (Å²) in [5, 5.41) is 15.2. The second kappa shape index (κ2) is 10.9. The van der Waals surface area contributed by atoms with Gasteiger partial charge in [-0.25, -0.2) is 0 Å². The molecule has 1 aliphatic heterocycles. The minimum atomic E-state index is -1.26. The van der Waals surface area contributed by atoms with E-state index in [0.29, 0.717) is 24.8 Å². The minimum absolute atomic E-state index is 0.128. The van der Waals surface area contributed by atoms with Gasteiger partial charge in [-0.1, -0.05) is 17.3 Å². The number of piperidine rings is 1. The lowest BCUT2D eigenvalue weighted by molar-refractivity contribution is 0.270. The summed E-state index contributed by atoms with van der Waals surface area (Å²) in [4.78, 5) is 5.40. The fourth-order valence-corrected chi connectivity index (χ4v) is 5.94. The van der Waals surface area contributed by atoms with Crippen LogP contribution in [-0.4, -0.2) is 51.5 Å². The molecule has 1 aromatic heterocycles. The van der Waals surface area contributed by atoms with Crippen molar-refractivity contribution in [3.8, 4) is 17.1 Å². The Labute approximate surface area is 211 Å². The molecular weight excluding hydrogens is 518 g/mol. The maximum absolute atomic E-state index is 13.1. The highest BCUT2D eigenvalue weighted by molar-refractivity contribution is 9.10. The van der Waals surface area contributed by atoms with Gasteiger partial charge in [0.1, 0.15) is 5.75 Å². The molecule has 0 bridgehead atoms. The Morgan fingerprint density at radius 2 is 2.03 bits per heavy atom. The molecule has 0 aliphatic carbocycles. The van der Waals surface area contributed by atoms with Crippen LogP contribution in [0.25, 0.3) is 11.4 Å². The van der Waals surface area contributed by atoms with Crippen molar-refractivity contribution in [3.05, 3.63) is 52.3 Å². The van der Waals surface area contributed by atoms with Crippen LogP contribution in [0.2, 0.25) is 0 Å². The summed E-state index contributed by atoms with van der Waals surface area (Å²) in [7, 11) is 1.61. The fraction of sp³-hybridized carbons (Fsp3) is 0.375. The van der Waals surface area contributed by atoms with Crippen LogP contribution < -0.4 is 10.1 Å². The molecule has 3 aromatic rings. The second-order valence-corrected chi connectivity index (χ2v) is 10.8. The third kappa shape index (κ3) is 5.46. The van der Waals surface area contributed by atoms with E-state index in [0.717, 1.165) is 44.8 Å². The molecule has 10 heteroatoms. The van der Waals surface area contributed by atoms with Gasteiger partial charge in [0.25, 0.3) is 0 Å². The summed E-state index contributed by atoms with van der Waals surface area (Å²) in [5.41, 5.74) is 2.52. The van der Waals surface area contributed by atoms with Crippen LogP contribution in [0, 0.1) is 5.41 Å². The van der Waals surface area contributed by atoms with E-state index < -0.39 is 11.4 Å². The number of ether oxygens (including phenoxy) is 1. The lowest BCUT2D eigenvalue weighted by atomic mass is 9.98. The van der Waals surface area contributed by atoms with Crippen LogP contribution in [0.1, 0.15) is 44.1 Å². The highest BCUT2D eigenvalue weighted by atomic mass is 79.9. The summed E-state index contributed by atoms with van der Waals surface area (Å²) in [5.74, 6) is 1.99. The molecule has 1 saturated heterocycles. The van der Waals surface area contributed by atoms with E-state index in [-0.39, 0.29) is 12.0 Å². The number of hydrogen-bond acceptors (Lipinski definition) is 8. The second-order valence-electron chi connectivity index (χ2n) is 8.45. The molecule has 180 valence electrons. The van der Waals surface area contributed by atoms with E-state index >= 15 is 0 Å². The summed E-state index contributed by atoms with van der Waals surface area (Å²) >= 11 is 2.25. The Kier molecular flexibility index (Phi) is 7.92. The quantitative estimate of drug-likeness (QED) is 0.294. The van der Waals surface area contributed by atoms with Crippen molar-refractivity contribution >= 4 is 39.2 Å². The Hall–Kier alpha value is -2.40. The molecule has 1 atom stereocenters. The number of benzene rings is 2. The minimum Gasteiger partial charge on any atom is -0.593 e. The zero-order valence-electron chi connectivity index (χ0n) is 19.4. The van der Waals surface area contributed by atoms with Crippen LogP contribution in [0.5, 0.6) is 5.75 Å². The number of hydrogen-bond donors (Lipinski definition) is 2. The first kappa shape index (κ1) is 24.7. The van der Waals surface area contributed by atoms with Crippen molar-refractivity contribution in [2.45, 2.75) is 43.5 Å². The van der Waals surface area contributed by atoms with Gasteiger partial charge in [0.05, 0.1) is 22.9 Å². The standard InChI is InChI=1S/C24H28BrN5O3S/c1-15(2)27-21-12-17(4-5-18(21)14-26)23-28-24(33-29-23)16-8-10-30(11-9-16)34(31)22-7-6-19(32-3)13-20(22)25/h4-7,12-16,26-27H,8-11H2,1-3H3. The first-order valence-corrected chi connectivity index (χ1v) is 13.0. The van der Waals surface area contributed by atoms with Gasteiger partial charge < -0.3 is 24.5 Å². The zero-order valence-corrected chi connectivity index (χ0v) is 21.8. The lowest BCUT2D eigenvalue weighted by Crippen LogP contribution is -2.38. The van der Waals surface area contributed by atoms with Gasteiger partial charge >= 0.3 is 0 Å². The maximum atomic E-state index is 13.1. The van der Waals surface area contributed by atoms with Gasteiger partial charge in [-0.3, -0.25) is 0 Å². The van der Waals surface area contributed by atoms with Gasteiger partial charge in [-0.05, 0) is 60.8 Å². The van der Waals surface area contributed by atoms with Gasteiger partial charge in [-0.15, -0.1) is 4.31 Å². The summed E-state index contributed by atoms with van der Waals surface area (Å²) < 4.78 is 26.7. The third-order valence-electron chi connectivity index (χ3n) is 5.72. The van der Waals surface area contributed by atoms with Gasteiger partial charge in [0, 0.05) is 54.1 Å². The average molecular weight is 546 g/mol. The van der Waals surface area contributed by atoms with E-state index in [9.17, 15) is 4.55 Å². The molecule has 2 heterocycles. The summed E-state index contributed by atoms with van der Waals surface area (Å²) in [6, 6.07) is 11.5. The number of halogens is 1. The molecule has 0 spiro atoms. The molecular formula is C24H28BrN5O3S. The summed E-state index contributed by atoms with van der Waals surface area (Å²) in [6.07, 6.45) is 2.90. The van der Waals surface area contributed by atoms with Crippen molar-refractivity contribution in [2.75, 3.05) is 25.5 Å². The van der Waals surface area contributed by atoms with Crippen LogP contribution in [0.15, 0.2) is 50.3 Å². The van der Waals surface area contributed by atoms with Crippen LogP contribution in [-0.2, 0) is 11.4 Å². The predicted octanol–water partition coefficient (Wildman–Crippen LogP) is 5.23. The monoisotopic (exact) mass is 545 g/mol. The first-order valence-electron chi connectivity index (χ1n) is 11.1. The predicted molar refractivity (Wildman–Crippen MR) is 137 cm³/mol. The Balaban J connectivity index is 1.43. The van der Waals surface area contributed by atoms with E-state index in [2.05, 4.69) is 45.2 Å². The molecule has 0 radical (unpaired) electrons. The number of methoxy groups -OCH3 is 1. The highest BCUT2D eigenvalue weighted by Gasteiger charge is 2.33. The number of aromatic nitrogens is 2. The van der Waals surface area contributed by atoms with Crippen molar-refractivity contribution in [1.29, 1.82) is 5.41 Å². The molecule has 2 N–H and O–H groups in total. The van der Waals surface area contributed by atoms with Crippen molar-refractivity contribution in [2.24, 2.45) is 0 Å². The highest BCUT2D eigenvalue weighted by Crippen LogP contribution is 2.34. The van der Waals surface area contributed by atoms with E-state index in [1.165, 1.54) is 6.21 Å². The molecule has 0 saturated carbocycles. The Bertz CT molecular complexity index is 1150. The van der Waals surface area contributed by atoms with Crippen LogP contribution >= 0.6 is 15.9 Å². The smallest absolute Gasteiger partial charge is 0.230 e. The maximum Gasteiger partial charge on any atom is 0.230 e. The molecule has 8 nitrogen and oxygen atoms in total. The molecule has 1 unspecified atom stereocenters. The number of nitrogens with zero attached hydrogens (tertiary/aromatic N) is 3. The van der Waals surface area contributed by atoms with Crippen molar-refractivity contribution in [1.82, 2.24) is 14.4 Å². The van der Waals surface area contributed by atoms with Crippen molar-refractivity contribution in [3.63, 3.8) is 0 Å². The number of nitrogens with one attached hydrogen (secondary N) is 2. The average Bonchev–Trinajstić information content (AvgIpc) is 3.33. The molecule has 34 heavy (non-hydrogen) atoms. The van der Waals surface area contributed by atoms with Gasteiger partial charge in [0.2, 0.25) is 11.7 Å². The number of anilines is 1. The topological polar surface area (TPSA) is 110 Å². The van der Waals surface area contributed by atoms with E-state index in [4.69, 9.17) is 14.7 Å². The Morgan fingerprint density at radius 3 is 2.68 bits per heavy atom. The molecule has 1 fully saturated rings. The first-order chi connectivity index (χ1) is 16.4. The normalized spacial score (nSPS) is 15.9. The molecule has 0 amide bonds. The van der Waals surface area contributed by atoms with Crippen LogP contribution in [0.4, 0.5) is 5.69 Å². The van der Waals surface area contributed by atoms with E-state index in [1.54, 1.807) is 7.11 Å². The van der Waals surface area contributed by atoms with Crippen molar-refractivity contribution < 1.29 is 13.8 Å². The summed E-state index contributed by atoms with van der Waals surface area (Å²) in [6.45, 7) is 5.45. The van der Waals surface area contributed by atoms with Gasteiger partial charge in [-0.2, -0.15) is 4.98 Å².